The van der Waals surface area contributed by atoms with Gasteiger partial charge in [0.15, 0.2) is 11.6 Å². The average Bonchev–Trinajstić information content (AvgIpc) is 3.60. The van der Waals surface area contributed by atoms with E-state index in [9.17, 15) is 14.0 Å². The van der Waals surface area contributed by atoms with Crippen LogP contribution in [0.15, 0.2) is 59.9 Å². The average molecular weight is 568 g/mol. The van der Waals surface area contributed by atoms with E-state index in [1.54, 1.807) is 12.3 Å². The third-order valence-electron chi connectivity index (χ3n) is 8.89. The first-order chi connectivity index (χ1) is 20.0. The molecule has 0 radical (unpaired) electrons. The summed E-state index contributed by atoms with van der Waals surface area (Å²) < 4.78 is 13.7. The second kappa shape index (κ2) is 10.6. The lowest BCUT2D eigenvalue weighted by Gasteiger charge is -2.42. The topological polar surface area (TPSA) is 91.0 Å². The van der Waals surface area contributed by atoms with E-state index in [2.05, 4.69) is 41.3 Å². The van der Waals surface area contributed by atoms with Gasteiger partial charge < -0.3 is 10.2 Å². The fraction of sp³-hybridized carbons (Fsp3) is 0.412. The summed E-state index contributed by atoms with van der Waals surface area (Å²) in [6, 6.07) is 10.2. The number of aromatic amines is 1. The van der Waals surface area contributed by atoms with Crippen LogP contribution >= 0.6 is 0 Å². The van der Waals surface area contributed by atoms with Crippen molar-refractivity contribution in [1.82, 2.24) is 20.5 Å². The number of allylic oxidation sites excluding steroid dienone is 3. The van der Waals surface area contributed by atoms with Gasteiger partial charge in [-0.2, -0.15) is 5.10 Å². The standard InChI is InChI=1S/C34H38FN5O2/c1-33(2,3)20-37-32(42)30-29-25(13-12-24-11-10-22(19-36-24)21-8-7-9-23(35)16-21)28-26(40(4)31(29)39-38-30)17-34(18-27(28)41)14-5-6-15-34/h7-13,16,19,25H,5-6,14-15,17-18,20H2,1-4H3,(H,37,42)(H,38,39)/b13-12+. The first-order valence-corrected chi connectivity index (χ1v) is 14.8. The van der Waals surface area contributed by atoms with Crippen molar-refractivity contribution in [3.63, 3.8) is 0 Å². The quantitative estimate of drug-likeness (QED) is 0.353. The zero-order valence-corrected chi connectivity index (χ0v) is 24.8. The molecule has 1 aliphatic heterocycles. The fourth-order valence-corrected chi connectivity index (χ4v) is 6.74. The highest BCUT2D eigenvalue weighted by Gasteiger charge is 2.48. The number of anilines is 1. The van der Waals surface area contributed by atoms with Gasteiger partial charge in [0.2, 0.25) is 0 Å². The van der Waals surface area contributed by atoms with Crippen LogP contribution in [0.1, 0.15) is 87.0 Å². The third-order valence-corrected chi connectivity index (χ3v) is 8.89. The highest BCUT2D eigenvalue weighted by Crippen LogP contribution is 2.55. The van der Waals surface area contributed by atoms with Crippen molar-refractivity contribution < 1.29 is 14.0 Å². The Hall–Kier alpha value is -4.07. The number of fused-ring (bicyclic) bond motifs is 1. The summed E-state index contributed by atoms with van der Waals surface area (Å²) in [7, 11) is 1.96. The van der Waals surface area contributed by atoms with E-state index in [4.69, 9.17) is 0 Å². The van der Waals surface area contributed by atoms with Gasteiger partial charge in [0.1, 0.15) is 11.5 Å². The van der Waals surface area contributed by atoms with Gasteiger partial charge in [-0.1, -0.05) is 57.9 Å². The smallest absolute Gasteiger partial charge is 0.269 e. The number of nitrogens with zero attached hydrogens (tertiary/aromatic N) is 3. The first-order valence-electron chi connectivity index (χ1n) is 14.8. The minimum atomic E-state index is -0.434. The molecule has 0 saturated heterocycles. The number of carbonyl (C=O) groups is 2. The number of halogens is 1. The molecule has 1 saturated carbocycles. The normalized spacial score (nSPS) is 19.9. The van der Waals surface area contributed by atoms with Crippen LogP contribution in [0.5, 0.6) is 0 Å². The maximum absolute atomic E-state index is 14.0. The Kier molecular flexibility index (Phi) is 7.11. The molecule has 1 fully saturated rings. The Bertz CT molecular complexity index is 1590. The number of H-pyrrole nitrogens is 1. The lowest BCUT2D eigenvalue weighted by molar-refractivity contribution is -0.118. The van der Waals surface area contributed by atoms with Gasteiger partial charge in [-0.05, 0) is 59.9 Å². The number of benzene rings is 1. The number of rotatable bonds is 5. The van der Waals surface area contributed by atoms with Crippen LogP contribution in [0, 0.1) is 16.6 Å². The van der Waals surface area contributed by atoms with Crippen molar-refractivity contribution in [2.45, 2.75) is 65.2 Å². The Morgan fingerprint density at radius 1 is 1.17 bits per heavy atom. The van der Waals surface area contributed by atoms with Crippen LogP contribution in [0.4, 0.5) is 10.2 Å². The molecule has 6 rings (SSSR count). The second-order valence-electron chi connectivity index (χ2n) is 13.3. The molecule has 3 aliphatic rings. The first kappa shape index (κ1) is 28.1. The molecular weight excluding hydrogens is 529 g/mol. The van der Waals surface area contributed by atoms with Gasteiger partial charge in [-0.25, -0.2) is 4.39 Å². The van der Waals surface area contributed by atoms with E-state index in [0.717, 1.165) is 54.5 Å². The molecule has 7 nitrogen and oxygen atoms in total. The highest BCUT2D eigenvalue weighted by molar-refractivity contribution is 6.04. The van der Waals surface area contributed by atoms with E-state index >= 15 is 0 Å². The summed E-state index contributed by atoms with van der Waals surface area (Å²) in [4.78, 5) is 34.0. The van der Waals surface area contributed by atoms with Crippen molar-refractivity contribution in [3.05, 3.63) is 82.7 Å². The van der Waals surface area contributed by atoms with E-state index in [1.807, 2.05) is 42.3 Å². The van der Waals surface area contributed by atoms with Crippen LogP contribution in [0.3, 0.4) is 0 Å². The summed E-state index contributed by atoms with van der Waals surface area (Å²) in [5.41, 5.74) is 5.07. The number of hydrogen-bond donors (Lipinski definition) is 2. The summed E-state index contributed by atoms with van der Waals surface area (Å²) in [6.45, 7) is 6.71. The molecule has 2 aromatic heterocycles. The Morgan fingerprint density at radius 2 is 1.95 bits per heavy atom. The maximum atomic E-state index is 14.0. The monoisotopic (exact) mass is 567 g/mol. The number of nitrogens with one attached hydrogen (secondary N) is 2. The van der Waals surface area contributed by atoms with Gasteiger partial charge in [-0.15, -0.1) is 0 Å². The second-order valence-corrected chi connectivity index (χ2v) is 13.3. The zero-order chi connectivity index (χ0) is 29.6. The number of aromatic nitrogens is 3. The SMILES string of the molecule is CN1C2=C(C(=O)CC3(CCCC3)C2)C(/C=C/c2ccc(-c3cccc(F)c3)cn2)c2c1n[nH]c2C(=O)NCC(C)(C)C. The Balaban J connectivity index is 1.38. The molecule has 8 heteroatoms. The van der Waals surface area contributed by atoms with Gasteiger partial charge in [0, 0.05) is 54.5 Å². The molecule has 3 heterocycles. The van der Waals surface area contributed by atoms with Crippen molar-refractivity contribution in [1.29, 1.82) is 0 Å². The fourth-order valence-electron chi connectivity index (χ4n) is 6.74. The Labute approximate surface area is 246 Å². The number of pyridine rings is 1. The van der Waals surface area contributed by atoms with Crippen molar-refractivity contribution in [2.75, 3.05) is 18.5 Å². The molecule has 2 aliphatic carbocycles. The predicted molar refractivity (Wildman–Crippen MR) is 162 cm³/mol. The minimum absolute atomic E-state index is 0.0213. The lowest BCUT2D eigenvalue weighted by atomic mass is 9.67. The molecule has 218 valence electrons. The van der Waals surface area contributed by atoms with E-state index in [-0.39, 0.29) is 28.3 Å². The molecule has 1 spiro atoms. The number of amides is 1. The predicted octanol–water partition coefficient (Wildman–Crippen LogP) is 6.81. The molecule has 3 aromatic rings. The third kappa shape index (κ3) is 5.30. The maximum Gasteiger partial charge on any atom is 0.269 e. The van der Waals surface area contributed by atoms with E-state index in [1.165, 1.54) is 12.1 Å². The molecule has 1 amide bonds. The van der Waals surface area contributed by atoms with Gasteiger partial charge >= 0.3 is 0 Å². The van der Waals surface area contributed by atoms with Gasteiger partial charge in [0.05, 0.1) is 5.69 Å². The summed E-state index contributed by atoms with van der Waals surface area (Å²) in [5, 5.41) is 10.7. The summed E-state index contributed by atoms with van der Waals surface area (Å²) in [6.07, 6.45) is 11.4. The molecule has 1 atom stereocenters. The van der Waals surface area contributed by atoms with E-state index < -0.39 is 5.92 Å². The van der Waals surface area contributed by atoms with Crippen molar-refractivity contribution in [3.8, 4) is 11.1 Å². The van der Waals surface area contributed by atoms with Crippen LogP contribution in [0.25, 0.3) is 17.2 Å². The number of ketones is 1. The minimum Gasteiger partial charge on any atom is -0.350 e. The molecule has 42 heavy (non-hydrogen) atoms. The molecule has 2 N–H and O–H groups in total. The number of carbonyl (C=O) groups excluding carboxylic acids is 2. The molecule has 0 bridgehead atoms. The Morgan fingerprint density at radius 3 is 2.64 bits per heavy atom. The lowest BCUT2D eigenvalue weighted by Crippen LogP contribution is -2.39. The van der Waals surface area contributed by atoms with E-state index in [0.29, 0.717) is 35.7 Å². The van der Waals surface area contributed by atoms with Crippen molar-refractivity contribution >= 4 is 23.6 Å². The number of hydrogen-bond acceptors (Lipinski definition) is 5. The van der Waals surface area contributed by atoms with Gasteiger partial charge in [-0.3, -0.25) is 19.7 Å². The van der Waals surface area contributed by atoms with Crippen LogP contribution < -0.4 is 10.2 Å². The van der Waals surface area contributed by atoms with Crippen LogP contribution in [0.2, 0.25) is 0 Å². The molecule has 1 aromatic carbocycles. The largest absolute Gasteiger partial charge is 0.350 e. The summed E-state index contributed by atoms with van der Waals surface area (Å²) >= 11 is 0. The summed E-state index contributed by atoms with van der Waals surface area (Å²) in [5.74, 6) is -0.125. The number of Topliss-reactive ketones (excluding diaryl/α,β-unsaturated/α-hetero) is 1. The van der Waals surface area contributed by atoms with Gasteiger partial charge in [0.25, 0.3) is 5.91 Å². The van der Waals surface area contributed by atoms with Crippen LogP contribution in [-0.2, 0) is 4.79 Å². The van der Waals surface area contributed by atoms with Crippen molar-refractivity contribution in [2.24, 2.45) is 10.8 Å². The molecule has 1 unspecified atom stereocenters. The molecular formula is C34H38FN5O2. The zero-order valence-electron chi connectivity index (χ0n) is 24.8. The van der Waals surface area contributed by atoms with Crippen LogP contribution in [-0.4, -0.2) is 40.5 Å². The highest BCUT2D eigenvalue weighted by atomic mass is 19.1.